The number of hydrogen-bond acceptors (Lipinski definition) is 3. The van der Waals surface area contributed by atoms with Crippen LogP contribution in [0.4, 0.5) is 0 Å². The summed E-state index contributed by atoms with van der Waals surface area (Å²) in [5.74, 6) is 0.620. The average molecular weight is 308 g/mol. The summed E-state index contributed by atoms with van der Waals surface area (Å²) >= 11 is 0. The second-order valence-electron chi connectivity index (χ2n) is 5.62. The van der Waals surface area contributed by atoms with Crippen molar-refractivity contribution in [2.45, 2.75) is 32.9 Å². The normalized spacial score (nSPS) is 11.6. The lowest BCUT2D eigenvalue weighted by Crippen LogP contribution is -2.26. The summed E-state index contributed by atoms with van der Waals surface area (Å²) in [6, 6.07) is 16.2. The van der Waals surface area contributed by atoms with E-state index in [2.05, 4.69) is 5.32 Å². The Labute approximate surface area is 136 Å². The maximum absolute atomic E-state index is 12.3. The molecule has 0 spiro atoms. The van der Waals surface area contributed by atoms with Crippen molar-refractivity contribution in [1.82, 2.24) is 5.32 Å². The standard InChI is InChI=1S/C19H20N2O2/c1-13(2)23-18-6-4-5-17(11-18)14(3)21-19(22)16-9-7-15(12-20)8-10-16/h4-11,13-14H,1-3H3,(H,21,22)/t14-/m0/s1. The number of nitriles is 1. The molecule has 23 heavy (non-hydrogen) atoms. The van der Waals surface area contributed by atoms with Crippen molar-refractivity contribution in [3.05, 3.63) is 65.2 Å². The molecule has 2 aromatic carbocycles. The van der Waals surface area contributed by atoms with Crippen molar-refractivity contribution in [1.29, 1.82) is 5.26 Å². The highest BCUT2D eigenvalue weighted by Crippen LogP contribution is 2.20. The van der Waals surface area contributed by atoms with Crippen LogP contribution in [0.3, 0.4) is 0 Å². The van der Waals surface area contributed by atoms with E-state index in [1.807, 2.05) is 51.1 Å². The predicted molar refractivity (Wildman–Crippen MR) is 89.2 cm³/mol. The van der Waals surface area contributed by atoms with E-state index in [4.69, 9.17) is 10.00 Å². The molecule has 2 rings (SSSR count). The van der Waals surface area contributed by atoms with Crippen LogP contribution in [0.15, 0.2) is 48.5 Å². The lowest BCUT2D eigenvalue weighted by atomic mass is 10.1. The Morgan fingerprint density at radius 2 is 1.83 bits per heavy atom. The van der Waals surface area contributed by atoms with Gasteiger partial charge in [-0.3, -0.25) is 4.79 Å². The number of nitrogens with one attached hydrogen (secondary N) is 1. The summed E-state index contributed by atoms with van der Waals surface area (Å²) < 4.78 is 5.68. The molecule has 4 heteroatoms. The predicted octanol–water partition coefficient (Wildman–Crippen LogP) is 3.84. The van der Waals surface area contributed by atoms with Crippen LogP contribution in [-0.4, -0.2) is 12.0 Å². The van der Waals surface area contributed by atoms with Crippen molar-refractivity contribution in [3.8, 4) is 11.8 Å². The van der Waals surface area contributed by atoms with Crippen molar-refractivity contribution >= 4 is 5.91 Å². The van der Waals surface area contributed by atoms with Gasteiger partial charge in [-0.1, -0.05) is 12.1 Å². The second kappa shape index (κ2) is 7.46. The van der Waals surface area contributed by atoms with E-state index in [0.717, 1.165) is 11.3 Å². The van der Waals surface area contributed by atoms with Crippen molar-refractivity contribution in [2.24, 2.45) is 0 Å². The van der Waals surface area contributed by atoms with Gasteiger partial charge in [0.15, 0.2) is 0 Å². The number of benzene rings is 2. The Balaban J connectivity index is 2.07. The SMILES string of the molecule is CC(C)Oc1cccc([C@H](C)NC(=O)c2ccc(C#N)cc2)c1. The molecule has 4 nitrogen and oxygen atoms in total. The summed E-state index contributed by atoms with van der Waals surface area (Å²) in [6.07, 6.45) is 0.105. The lowest BCUT2D eigenvalue weighted by molar-refractivity contribution is 0.0939. The van der Waals surface area contributed by atoms with Crippen LogP contribution in [0.25, 0.3) is 0 Å². The largest absolute Gasteiger partial charge is 0.491 e. The van der Waals surface area contributed by atoms with Crippen molar-refractivity contribution in [3.63, 3.8) is 0 Å². The van der Waals surface area contributed by atoms with Crippen LogP contribution in [0.2, 0.25) is 0 Å². The Kier molecular flexibility index (Phi) is 5.37. The minimum absolute atomic E-state index is 0.105. The first-order valence-corrected chi connectivity index (χ1v) is 7.57. The highest BCUT2D eigenvalue weighted by molar-refractivity contribution is 5.94. The smallest absolute Gasteiger partial charge is 0.251 e. The number of ether oxygens (including phenoxy) is 1. The van der Waals surface area contributed by atoms with E-state index in [9.17, 15) is 4.79 Å². The zero-order valence-corrected chi connectivity index (χ0v) is 13.5. The van der Waals surface area contributed by atoms with E-state index in [1.54, 1.807) is 24.3 Å². The molecule has 0 saturated heterocycles. The zero-order chi connectivity index (χ0) is 16.8. The fourth-order valence-electron chi connectivity index (χ4n) is 2.19. The number of hydrogen-bond donors (Lipinski definition) is 1. The van der Waals surface area contributed by atoms with Gasteiger partial charge in [0.2, 0.25) is 0 Å². The van der Waals surface area contributed by atoms with Crippen molar-refractivity contribution in [2.75, 3.05) is 0 Å². The van der Waals surface area contributed by atoms with Gasteiger partial charge in [-0.15, -0.1) is 0 Å². The molecule has 2 aromatic rings. The second-order valence-corrected chi connectivity index (χ2v) is 5.62. The van der Waals surface area contributed by atoms with Crippen LogP contribution < -0.4 is 10.1 Å². The third-order valence-electron chi connectivity index (χ3n) is 3.35. The Morgan fingerprint density at radius 1 is 1.13 bits per heavy atom. The molecule has 1 N–H and O–H groups in total. The average Bonchev–Trinajstić information content (AvgIpc) is 2.54. The highest BCUT2D eigenvalue weighted by atomic mass is 16.5. The van der Waals surface area contributed by atoms with Gasteiger partial charge in [0, 0.05) is 5.56 Å². The van der Waals surface area contributed by atoms with E-state index in [1.165, 1.54) is 0 Å². The molecular weight excluding hydrogens is 288 g/mol. The Morgan fingerprint density at radius 3 is 2.43 bits per heavy atom. The summed E-state index contributed by atoms with van der Waals surface area (Å²) in [6.45, 7) is 5.88. The first-order chi connectivity index (χ1) is 11.0. The quantitative estimate of drug-likeness (QED) is 0.913. The Bertz CT molecular complexity index is 715. The molecule has 0 bridgehead atoms. The minimum atomic E-state index is -0.169. The van der Waals surface area contributed by atoms with E-state index < -0.39 is 0 Å². The Hall–Kier alpha value is -2.80. The lowest BCUT2D eigenvalue weighted by Gasteiger charge is -2.16. The third kappa shape index (κ3) is 4.58. The summed E-state index contributed by atoms with van der Waals surface area (Å²) in [5, 5.41) is 11.7. The molecule has 118 valence electrons. The van der Waals surface area contributed by atoms with Gasteiger partial charge >= 0.3 is 0 Å². The third-order valence-corrected chi connectivity index (χ3v) is 3.35. The molecule has 0 aliphatic carbocycles. The topological polar surface area (TPSA) is 62.1 Å². The summed E-state index contributed by atoms with van der Waals surface area (Å²) in [4.78, 5) is 12.3. The molecule has 0 saturated carbocycles. The van der Waals surface area contributed by atoms with Gasteiger partial charge in [0.25, 0.3) is 5.91 Å². The summed E-state index contributed by atoms with van der Waals surface area (Å²) in [5.41, 5.74) is 2.05. The molecule has 0 fully saturated rings. The maximum atomic E-state index is 12.3. The van der Waals surface area contributed by atoms with Gasteiger partial charge in [0.1, 0.15) is 5.75 Å². The molecular formula is C19H20N2O2. The number of nitrogens with zero attached hydrogens (tertiary/aromatic N) is 1. The van der Waals surface area contributed by atoms with E-state index >= 15 is 0 Å². The fourth-order valence-corrected chi connectivity index (χ4v) is 2.19. The van der Waals surface area contributed by atoms with Gasteiger partial charge in [-0.25, -0.2) is 0 Å². The number of carbonyl (C=O) groups excluding carboxylic acids is 1. The molecule has 1 atom stereocenters. The number of carbonyl (C=O) groups is 1. The molecule has 0 aromatic heterocycles. The fraction of sp³-hybridized carbons (Fsp3) is 0.263. The van der Waals surface area contributed by atoms with Gasteiger partial charge in [-0.2, -0.15) is 5.26 Å². The van der Waals surface area contributed by atoms with Crippen LogP contribution >= 0.6 is 0 Å². The molecule has 0 unspecified atom stereocenters. The first-order valence-electron chi connectivity index (χ1n) is 7.57. The molecule has 0 aliphatic rings. The van der Waals surface area contributed by atoms with Crippen molar-refractivity contribution < 1.29 is 9.53 Å². The maximum Gasteiger partial charge on any atom is 0.251 e. The number of rotatable bonds is 5. The van der Waals surface area contributed by atoms with Crippen LogP contribution in [0, 0.1) is 11.3 Å². The van der Waals surface area contributed by atoms with Crippen LogP contribution in [0.1, 0.15) is 48.3 Å². The van der Waals surface area contributed by atoms with Gasteiger partial charge in [0.05, 0.1) is 23.8 Å². The van der Waals surface area contributed by atoms with E-state index in [0.29, 0.717) is 11.1 Å². The highest BCUT2D eigenvalue weighted by Gasteiger charge is 2.12. The van der Waals surface area contributed by atoms with Crippen LogP contribution in [-0.2, 0) is 0 Å². The van der Waals surface area contributed by atoms with E-state index in [-0.39, 0.29) is 18.1 Å². The molecule has 0 heterocycles. The number of amides is 1. The molecule has 0 aliphatic heterocycles. The molecule has 1 amide bonds. The van der Waals surface area contributed by atoms with Gasteiger partial charge in [-0.05, 0) is 62.7 Å². The van der Waals surface area contributed by atoms with Gasteiger partial charge < -0.3 is 10.1 Å². The summed E-state index contributed by atoms with van der Waals surface area (Å²) in [7, 11) is 0. The monoisotopic (exact) mass is 308 g/mol. The minimum Gasteiger partial charge on any atom is -0.491 e. The zero-order valence-electron chi connectivity index (χ0n) is 13.5. The molecule has 0 radical (unpaired) electrons. The van der Waals surface area contributed by atoms with Crippen LogP contribution in [0.5, 0.6) is 5.75 Å². The first kappa shape index (κ1) is 16.6.